The molecule has 0 fully saturated rings. The second-order valence-electron chi connectivity index (χ2n) is 16.0. The van der Waals surface area contributed by atoms with E-state index in [1.807, 2.05) is 63.3 Å². The van der Waals surface area contributed by atoms with E-state index >= 15 is 0 Å². The van der Waals surface area contributed by atoms with Crippen LogP contribution in [0, 0.1) is 20.8 Å². The van der Waals surface area contributed by atoms with E-state index in [9.17, 15) is 24.0 Å². The molecule has 2 aliphatic carbocycles. The molecule has 0 radical (unpaired) electrons. The van der Waals surface area contributed by atoms with E-state index in [-0.39, 0.29) is 11.6 Å². The summed E-state index contributed by atoms with van der Waals surface area (Å²) in [5.41, 5.74) is 3.68. The molecule has 0 unspecified atom stereocenters. The summed E-state index contributed by atoms with van der Waals surface area (Å²) >= 11 is 0. The maximum absolute atomic E-state index is 11.3. The third-order valence-electron chi connectivity index (χ3n) is 9.87. The lowest BCUT2D eigenvalue weighted by Gasteiger charge is -1.96. The van der Waals surface area contributed by atoms with Crippen LogP contribution in [0.3, 0.4) is 0 Å². The van der Waals surface area contributed by atoms with Crippen LogP contribution in [0.25, 0.3) is 0 Å². The van der Waals surface area contributed by atoms with Gasteiger partial charge in [0.15, 0.2) is 11.6 Å². The molecule has 358 valence electrons. The molecule has 8 nitrogen and oxygen atoms in total. The number of carbonyl (C=O) groups is 5. The standard InChI is InChI=1S/C11H18O2.3C11H16O.C8H10O2.C5H6O/c1-3-4-5-6-7-11(13)9-8-10(2)12;1-3-4-5-6-10-9(2)7-8-11(10)12;1-3-4-5-6-7-11-9-8-10(2)12-11;1-2-3-4-5-6-10-7-8-11(12)9-10;1-7-4-5-8(10-7)3-2-6-9;1-5-3-2-4-6-5/h4-5H,3,6-9H2,1-2H3;4-5H,3,6-8H2,1-2H3;4-5,8-9H,3,6-7H2,1-2H3;3-4,9H,2,5-8H2,1H3;4-6H,2-3H2,1H3;2-4H,1H3/b3*5-4+;4-3+;;. The van der Waals surface area contributed by atoms with Crippen molar-refractivity contribution in [3.8, 4) is 0 Å². The molecule has 0 bridgehead atoms. The Morgan fingerprint density at radius 2 is 1.14 bits per heavy atom. The number of allylic oxidation sites excluding steroid dienone is 12. The van der Waals surface area contributed by atoms with Gasteiger partial charge in [-0.3, -0.25) is 14.4 Å². The van der Waals surface area contributed by atoms with Crippen LogP contribution < -0.4 is 0 Å². The maximum Gasteiger partial charge on any atom is 0.159 e. The van der Waals surface area contributed by atoms with Crippen LogP contribution in [0.4, 0.5) is 0 Å². The Kier molecular flexibility index (Phi) is 36.8. The monoisotopic (exact) mass is 895 g/mol. The molecule has 65 heavy (non-hydrogen) atoms. The molecule has 0 spiro atoms. The predicted molar refractivity (Wildman–Crippen MR) is 268 cm³/mol. The average Bonchev–Trinajstić information content (AvgIpc) is 4.16. The lowest BCUT2D eigenvalue weighted by Crippen LogP contribution is -2.00. The highest BCUT2D eigenvalue weighted by Crippen LogP contribution is 2.25. The zero-order chi connectivity index (χ0) is 48.5. The second kappa shape index (κ2) is 40.2. The molecule has 0 atom stereocenters. The number of ketones is 4. The van der Waals surface area contributed by atoms with Crippen LogP contribution in [0.15, 0.2) is 127 Å². The number of aldehydes is 1. The largest absolute Gasteiger partial charge is 0.470 e. The Hall–Kier alpha value is -5.37. The van der Waals surface area contributed by atoms with Gasteiger partial charge < -0.3 is 22.8 Å². The quantitative estimate of drug-likeness (QED) is 0.0764. The first-order valence-electron chi connectivity index (χ1n) is 23.9. The fourth-order valence-electron chi connectivity index (χ4n) is 6.18. The lowest BCUT2D eigenvalue weighted by molar-refractivity contribution is -0.123. The van der Waals surface area contributed by atoms with Crippen LogP contribution in [0.1, 0.15) is 179 Å². The van der Waals surface area contributed by atoms with Gasteiger partial charge in [-0.2, -0.15) is 0 Å². The normalized spacial score (nSPS) is 13.1. The number of hydrogen-bond donors (Lipinski definition) is 0. The van der Waals surface area contributed by atoms with Gasteiger partial charge in [0.25, 0.3) is 0 Å². The molecule has 0 N–H and O–H groups in total. The van der Waals surface area contributed by atoms with Crippen LogP contribution >= 0.6 is 0 Å². The molecular formula is C57H82O8. The summed E-state index contributed by atoms with van der Waals surface area (Å²) in [5, 5.41) is 0. The van der Waals surface area contributed by atoms with E-state index in [2.05, 4.69) is 83.2 Å². The highest BCUT2D eigenvalue weighted by Gasteiger charge is 2.18. The molecular weight excluding hydrogens is 813 g/mol. The molecule has 3 aromatic heterocycles. The van der Waals surface area contributed by atoms with Crippen molar-refractivity contribution in [3.05, 3.63) is 143 Å². The van der Waals surface area contributed by atoms with E-state index in [1.54, 1.807) is 6.26 Å². The van der Waals surface area contributed by atoms with Crippen LogP contribution in [0.5, 0.6) is 0 Å². The Morgan fingerprint density at radius 3 is 1.55 bits per heavy atom. The van der Waals surface area contributed by atoms with Crippen molar-refractivity contribution in [2.45, 2.75) is 184 Å². The Balaban J connectivity index is 0.000000764. The summed E-state index contributed by atoms with van der Waals surface area (Å²) in [6.45, 7) is 17.8. The third kappa shape index (κ3) is 34.7. The van der Waals surface area contributed by atoms with Crippen LogP contribution in [-0.4, -0.2) is 29.4 Å². The van der Waals surface area contributed by atoms with Crippen molar-refractivity contribution in [1.82, 2.24) is 0 Å². The van der Waals surface area contributed by atoms with Crippen LogP contribution in [-0.2, 0) is 36.8 Å². The summed E-state index contributed by atoms with van der Waals surface area (Å²) in [6.07, 6.45) is 37.8. The van der Waals surface area contributed by atoms with E-state index in [0.29, 0.717) is 37.2 Å². The van der Waals surface area contributed by atoms with Crippen molar-refractivity contribution >= 4 is 29.4 Å². The number of Topliss-reactive ketones (excluding diaryl/α,β-unsaturated/α-hetero) is 3. The highest BCUT2D eigenvalue weighted by atomic mass is 16.3. The first kappa shape index (κ1) is 59.6. The Bertz CT molecular complexity index is 1920. The first-order valence-corrected chi connectivity index (χ1v) is 23.9. The van der Waals surface area contributed by atoms with Crippen molar-refractivity contribution in [3.63, 3.8) is 0 Å². The van der Waals surface area contributed by atoms with E-state index in [4.69, 9.17) is 13.3 Å². The minimum absolute atomic E-state index is 0.0949. The zero-order valence-electron chi connectivity index (χ0n) is 41.5. The predicted octanol–water partition coefficient (Wildman–Crippen LogP) is 15.5. The molecule has 0 aromatic carbocycles. The van der Waals surface area contributed by atoms with Gasteiger partial charge in [0.2, 0.25) is 0 Å². The van der Waals surface area contributed by atoms with E-state index in [1.165, 1.54) is 18.1 Å². The van der Waals surface area contributed by atoms with Gasteiger partial charge in [-0.05, 0) is 153 Å². The topological polar surface area (TPSA) is 125 Å². The zero-order valence-corrected chi connectivity index (χ0v) is 41.5. The molecule has 3 aromatic rings. The first-order chi connectivity index (χ1) is 31.3. The SMILES string of the molecule is CC/C=C/CC1=C(C)CCC1=O.CC/C=C/CCC(=O)CCC(C)=O.CC/C=C/CCC1=CC(=O)CC1.CC/C=C/CCc1ccc(C)o1.Cc1ccc(CCC=O)o1.Cc1ccco1. The number of aryl methyl sites for hydroxylation is 5. The van der Waals surface area contributed by atoms with Gasteiger partial charge >= 0.3 is 0 Å². The van der Waals surface area contributed by atoms with Crippen molar-refractivity contribution in [2.24, 2.45) is 0 Å². The summed E-state index contributed by atoms with van der Waals surface area (Å²) in [6, 6.07) is 11.7. The summed E-state index contributed by atoms with van der Waals surface area (Å²) in [4.78, 5) is 53.8. The fourth-order valence-corrected chi connectivity index (χ4v) is 6.18. The van der Waals surface area contributed by atoms with E-state index < -0.39 is 0 Å². The molecule has 0 saturated carbocycles. The second-order valence-corrected chi connectivity index (χ2v) is 16.0. The molecule has 0 saturated heterocycles. The fraction of sp³-hybridized carbons (Fsp3) is 0.491. The maximum atomic E-state index is 11.3. The summed E-state index contributed by atoms with van der Waals surface area (Å²) in [7, 11) is 0. The number of rotatable bonds is 21. The Morgan fingerprint density at radius 1 is 0.585 bits per heavy atom. The average molecular weight is 895 g/mol. The molecule has 5 rings (SSSR count). The van der Waals surface area contributed by atoms with Gasteiger partial charge in [-0.1, -0.05) is 87.4 Å². The summed E-state index contributed by atoms with van der Waals surface area (Å²) in [5.74, 6) is 5.81. The molecule has 2 aliphatic rings. The van der Waals surface area contributed by atoms with E-state index in [0.717, 1.165) is 137 Å². The molecule has 8 heteroatoms. The molecule has 0 aliphatic heterocycles. The lowest BCUT2D eigenvalue weighted by atomic mass is 10.1. The van der Waals surface area contributed by atoms with Crippen molar-refractivity contribution in [1.29, 1.82) is 0 Å². The number of carbonyl (C=O) groups excluding carboxylic acids is 5. The highest BCUT2D eigenvalue weighted by molar-refractivity contribution is 5.98. The van der Waals surface area contributed by atoms with Gasteiger partial charge in [0.05, 0.1) is 6.26 Å². The minimum Gasteiger partial charge on any atom is -0.470 e. The summed E-state index contributed by atoms with van der Waals surface area (Å²) < 4.78 is 15.5. The van der Waals surface area contributed by atoms with Gasteiger partial charge in [0, 0.05) is 51.4 Å². The Labute approximate surface area is 392 Å². The number of furan rings is 3. The number of hydrogen-bond acceptors (Lipinski definition) is 8. The minimum atomic E-state index is 0.0949. The molecule has 3 heterocycles. The smallest absolute Gasteiger partial charge is 0.159 e. The van der Waals surface area contributed by atoms with Gasteiger partial charge in [0.1, 0.15) is 46.7 Å². The third-order valence-corrected chi connectivity index (χ3v) is 9.87. The van der Waals surface area contributed by atoms with Gasteiger partial charge in [-0.25, -0.2) is 0 Å². The van der Waals surface area contributed by atoms with Crippen LogP contribution in [0.2, 0.25) is 0 Å². The van der Waals surface area contributed by atoms with Crippen molar-refractivity contribution in [2.75, 3.05) is 0 Å². The molecule has 0 amide bonds. The van der Waals surface area contributed by atoms with Gasteiger partial charge in [-0.15, -0.1) is 0 Å². The van der Waals surface area contributed by atoms with Crippen molar-refractivity contribution < 1.29 is 37.2 Å².